The molecule has 2 N–H and O–H groups in total. The van der Waals surface area contributed by atoms with Crippen LogP contribution in [-0.2, 0) is 31.9 Å². The van der Waals surface area contributed by atoms with Crippen molar-refractivity contribution in [2.24, 2.45) is 10.2 Å². The second kappa shape index (κ2) is 12.9. The van der Waals surface area contributed by atoms with E-state index in [9.17, 15) is 9.59 Å². The molecule has 0 unspecified atom stereocenters. The number of esters is 2. The summed E-state index contributed by atoms with van der Waals surface area (Å²) >= 11 is 1.67. The third-order valence-electron chi connectivity index (χ3n) is 6.38. The number of nitrogens with zero attached hydrogens (tertiary/aromatic N) is 2. The van der Waals surface area contributed by atoms with Crippen LogP contribution in [-0.4, -0.2) is 37.6 Å². The summed E-state index contributed by atoms with van der Waals surface area (Å²) in [5.74, 6) is -0.975. The van der Waals surface area contributed by atoms with Crippen molar-refractivity contribution in [1.82, 2.24) is 0 Å². The van der Waals surface area contributed by atoms with E-state index < -0.39 is 11.9 Å². The Balaban J connectivity index is 1.40. The van der Waals surface area contributed by atoms with Crippen molar-refractivity contribution in [3.8, 4) is 0 Å². The van der Waals surface area contributed by atoms with Gasteiger partial charge in [0.1, 0.15) is 11.4 Å². The Morgan fingerprint density at radius 2 is 1.05 bits per heavy atom. The average Bonchev–Trinajstić information content (AvgIpc) is 3.38. The fraction of sp³-hybridized carbons (Fsp3) is 0.125. The number of fused-ring (bicyclic) bond motifs is 3. The molecule has 0 aliphatic rings. The van der Waals surface area contributed by atoms with Gasteiger partial charge in [-0.1, -0.05) is 60.7 Å². The van der Waals surface area contributed by atoms with E-state index in [4.69, 9.17) is 9.47 Å². The molecule has 0 amide bonds. The molecule has 0 fully saturated rings. The van der Waals surface area contributed by atoms with E-state index in [0.717, 1.165) is 42.7 Å². The minimum Gasteiger partial charge on any atom is -0.464 e. The third kappa shape index (κ3) is 6.77. The monoisotopic (exact) mass is 564 g/mol. The minimum atomic E-state index is -0.488. The molecule has 0 atom stereocenters. The molecular formula is C32H28N4O4S. The van der Waals surface area contributed by atoms with Crippen molar-refractivity contribution in [3.05, 3.63) is 108 Å². The molecule has 0 aliphatic carbocycles. The molecule has 0 radical (unpaired) electrons. The number of benzene rings is 4. The maximum Gasteiger partial charge on any atom is 0.354 e. The number of hydrogen-bond acceptors (Lipinski definition) is 9. The number of ether oxygens (including phenoxy) is 2. The standard InChI is InChI=1S/C32H28N4O4S/c1-39-31(37)27(17-21-9-5-3-6-10-21)35-33-23-13-15-29-25(19-23)26-20-24(14-16-30(26)41-29)34-36-28(32(38)40-2)18-22-11-7-4-8-12-22/h3-16,19-20,33-34H,17-18H2,1-2H3/b35-27-,36-28+. The molecule has 1 heterocycles. The van der Waals surface area contributed by atoms with Crippen molar-refractivity contribution in [3.63, 3.8) is 0 Å². The van der Waals surface area contributed by atoms with Crippen LogP contribution in [0.2, 0.25) is 0 Å². The highest BCUT2D eigenvalue weighted by atomic mass is 32.1. The van der Waals surface area contributed by atoms with Gasteiger partial charge in [-0.25, -0.2) is 9.59 Å². The van der Waals surface area contributed by atoms with Gasteiger partial charge in [0.05, 0.1) is 25.6 Å². The van der Waals surface area contributed by atoms with Gasteiger partial charge in [-0.15, -0.1) is 11.3 Å². The van der Waals surface area contributed by atoms with E-state index in [-0.39, 0.29) is 11.4 Å². The Bertz CT molecular complexity index is 1620. The van der Waals surface area contributed by atoms with Gasteiger partial charge in [-0.05, 0) is 47.5 Å². The normalized spacial score (nSPS) is 11.9. The van der Waals surface area contributed by atoms with E-state index in [1.807, 2.05) is 97.1 Å². The highest BCUT2D eigenvalue weighted by Gasteiger charge is 2.15. The summed E-state index contributed by atoms with van der Waals surface area (Å²) in [6.07, 6.45) is 0.690. The van der Waals surface area contributed by atoms with Crippen molar-refractivity contribution in [1.29, 1.82) is 0 Å². The maximum absolute atomic E-state index is 12.4. The number of carbonyl (C=O) groups is 2. The minimum absolute atomic E-state index is 0.273. The quantitative estimate of drug-likeness (QED) is 0.115. The van der Waals surface area contributed by atoms with Gasteiger partial charge in [0, 0.05) is 33.0 Å². The molecule has 9 heteroatoms. The Hall–Kier alpha value is -5.02. The Morgan fingerprint density at radius 1 is 0.634 bits per heavy atom. The molecule has 5 aromatic rings. The number of rotatable bonds is 10. The van der Waals surface area contributed by atoms with E-state index in [1.54, 1.807) is 11.3 Å². The van der Waals surface area contributed by atoms with Crippen molar-refractivity contribution < 1.29 is 19.1 Å². The van der Waals surface area contributed by atoms with Gasteiger partial charge in [0.15, 0.2) is 0 Å². The van der Waals surface area contributed by atoms with Crippen LogP contribution in [0.25, 0.3) is 20.2 Å². The van der Waals surface area contributed by atoms with Crippen LogP contribution in [0.5, 0.6) is 0 Å². The van der Waals surface area contributed by atoms with Crippen LogP contribution < -0.4 is 10.9 Å². The lowest BCUT2D eigenvalue weighted by Crippen LogP contribution is -2.20. The zero-order valence-corrected chi connectivity index (χ0v) is 23.4. The van der Waals surface area contributed by atoms with Crippen molar-refractivity contribution in [2.75, 3.05) is 25.1 Å². The van der Waals surface area contributed by atoms with Gasteiger partial charge in [-0.2, -0.15) is 10.2 Å². The van der Waals surface area contributed by atoms with E-state index in [1.165, 1.54) is 14.2 Å². The number of methoxy groups -OCH3 is 2. The second-order valence-corrected chi connectivity index (χ2v) is 10.3. The van der Waals surface area contributed by atoms with Crippen molar-refractivity contribution in [2.45, 2.75) is 12.8 Å². The fourth-order valence-corrected chi connectivity index (χ4v) is 5.38. The number of anilines is 2. The van der Waals surface area contributed by atoms with Gasteiger partial charge >= 0.3 is 11.9 Å². The van der Waals surface area contributed by atoms with E-state index in [0.29, 0.717) is 12.8 Å². The maximum atomic E-state index is 12.4. The number of thiophene rings is 1. The smallest absolute Gasteiger partial charge is 0.354 e. The van der Waals surface area contributed by atoms with Gasteiger partial charge in [0.2, 0.25) is 0 Å². The molecule has 0 bridgehead atoms. The molecule has 0 saturated heterocycles. The Labute approximate surface area is 241 Å². The highest BCUT2D eigenvalue weighted by molar-refractivity contribution is 7.25. The summed E-state index contributed by atoms with van der Waals surface area (Å²) in [7, 11) is 2.69. The SMILES string of the molecule is COC(=O)/C(Cc1ccccc1)=N\Nc1ccc2sc3ccc(N/N=C(\Cc4ccccc4)C(=O)OC)cc3c2c1. The number of hydrazone groups is 2. The second-order valence-electron chi connectivity index (χ2n) is 9.17. The summed E-state index contributed by atoms with van der Waals surface area (Å²) in [6.45, 7) is 0. The summed E-state index contributed by atoms with van der Waals surface area (Å²) in [5.41, 5.74) is 9.99. The first kappa shape index (κ1) is 27.5. The zero-order valence-electron chi connectivity index (χ0n) is 22.6. The number of hydrogen-bond donors (Lipinski definition) is 2. The molecule has 4 aromatic carbocycles. The first-order chi connectivity index (χ1) is 20.0. The first-order valence-corrected chi connectivity index (χ1v) is 13.7. The third-order valence-corrected chi connectivity index (χ3v) is 7.53. The summed E-state index contributed by atoms with van der Waals surface area (Å²) in [5, 5.41) is 10.8. The topological polar surface area (TPSA) is 101 Å². The van der Waals surface area contributed by atoms with Crippen LogP contribution in [0, 0.1) is 0 Å². The predicted molar refractivity (Wildman–Crippen MR) is 166 cm³/mol. The Morgan fingerprint density at radius 3 is 1.44 bits per heavy atom. The predicted octanol–water partition coefficient (Wildman–Crippen LogP) is 6.42. The highest BCUT2D eigenvalue weighted by Crippen LogP contribution is 2.36. The molecule has 0 saturated carbocycles. The molecule has 5 rings (SSSR count). The van der Waals surface area contributed by atoms with Gasteiger partial charge in [0.25, 0.3) is 0 Å². The molecule has 0 spiro atoms. The van der Waals surface area contributed by atoms with Crippen LogP contribution in [0.1, 0.15) is 11.1 Å². The lowest BCUT2D eigenvalue weighted by Gasteiger charge is -2.07. The molecule has 41 heavy (non-hydrogen) atoms. The van der Waals surface area contributed by atoms with Gasteiger partial charge in [-0.3, -0.25) is 10.9 Å². The van der Waals surface area contributed by atoms with Crippen molar-refractivity contribution >= 4 is 66.2 Å². The van der Waals surface area contributed by atoms with Gasteiger partial charge < -0.3 is 9.47 Å². The van der Waals surface area contributed by atoms with Crippen LogP contribution in [0.3, 0.4) is 0 Å². The van der Waals surface area contributed by atoms with Crippen LogP contribution >= 0.6 is 11.3 Å². The van der Waals surface area contributed by atoms with Crippen LogP contribution in [0.4, 0.5) is 11.4 Å². The fourth-order valence-electron chi connectivity index (χ4n) is 4.31. The van der Waals surface area contributed by atoms with E-state index in [2.05, 4.69) is 21.1 Å². The summed E-state index contributed by atoms with van der Waals surface area (Å²) in [4.78, 5) is 24.7. The first-order valence-electron chi connectivity index (χ1n) is 12.9. The Kier molecular flexibility index (Phi) is 8.66. The zero-order chi connectivity index (χ0) is 28.6. The molecular weight excluding hydrogens is 536 g/mol. The van der Waals surface area contributed by atoms with Crippen LogP contribution in [0.15, 0.2) is 107 Å². The number of carbonyl (C=O) groups excluding carboxylic acids is 2. The lowest BCUT2D eigenvalue weighted by atomic mass is 10.1. The molecule has 1 aromatic heterocycles. The largest absolute Gasteiger partial charge is 0.464 e. The summed E-state index contributed by atoms with van der Waals surface area (Å²) < 4.78 is 12.1. The molecule has 206 valence electrons. The molecule has 8 nitrogen and oxygen atoms in total. The summed E-state index contributed by atoms with van der Waals surface area (Å²) in [6, 6.07) is 31.2. The molecule has 0 aliphatic heterocycles. The van der Waals surface area contributed by atoms with E-state index >= 15 is 0 Å². The number of nitrogens with one attached hydrogen (secondary N) is 2. The lowest BCUT2D eigenvalue weighted by molar-refractivity contribution is -0.133. The average molecular weight is 565 g/mol.